The molecule has 1 aliphatic heterocycles. The molecule has 1 N–H and O–H groups in total. The summed E-state index contributed by atoms with van der Waals surface area (Å²) in [6, 6.07) is 9.14. The van der Waals surface area contributed by atoms with Crippen LogP contribution < -0.4 is 9.62 Å². The number of aromatic nitrogens is 1. The maximum absolute atomic E-state index is 12.7. The molecule has 1 saturated heterocycles. The number of fused-ring (bicyclic) bond motifs is 1. The fourth-order valence-corrected chi connectivity index (χ4v) is 4.74. The van der Waals surface area contributed by atoms with Crippen LogP contribution in [0.5, 0.6) is 0 Å². The minimum absolute atomic E-state index is 0.318. The van der Waals surface area contributed by atoms with Gasteiger partial charge in [0, 0.05) is 13.1 Å². The Kier molecular flexibility index (Phi) is 4.37. The van der Waals surface area contributed by atoms with Crippen LogP contribution in [0.2, 0.25) is 0 Å². The van der Waals surface area contributed by atoms with E-state index in [1.807, 2.05) is 18.2 Å². The molecule has 0 saturated carbocycles. The Balaban J connectivity index is 1.52. The third kappa shape index (κ3) is 3.49. The van der Waals surface area contributed by atoms with Gasteiger partial charge in [0.25, 0.3) is 10.0 Å². The van der Waals surface area contributed by atoms with Crippen LogP contribution in [0.3, 0.4) is 0 Å². The molecule has 1 aromatic carbocycles. The third-order valence-electron chi connectivity index (χ3n) is 5.09. The smallest absolute Gasteiger partial charge is 0.263 e. The molecule has 0 bridgehead atoms. The number of sulfonamides is 1. The van der Waals surface area contributed by atoms with Crippen LogP contribution >= 0.6 is 0 Å². The summed E-state index contributed by atoms with van der Waals surface area (Å²) in [4.78, 5) is 6.88. The first-order chi connectivity index (χ1) is 12.1. The van der Waals surface area contributed by atoms with Gasteiger partial charge in [0.05, 0.1) is 16.8 Å². The van der Waals surface area contributed by atoms with Gasteiger partial charge in [-0.3, -0.25) is 4.72 Å². The Labute approximate surface area is 149 Å². The highest BCUT2D eigenvalue weighted by molar-refractivity contribution is 7.92. The Morgan fingerprint density at radius 2 is 1.68 bits per heavy atom. The lowest BCUT2D eigenvalue weighted by Gasteiger charge is -2.18. The average molecular weight is 357 g/mol. The Morgan fingerprint density at radius 1 is 0.920 bits per heavy atom. The standard InChI is InChI=1S/C19H23N3O2S/c23-25(24,18-9-7-15-5-1-2-6-16(15)13-18)21-19-10-8-17(14-20-19)22-11-3-4-12-22/h7-10,13-14H,1-6,11-12H2,(H,20,21). The van der Waals surface area contributed by atoms with E-state index in [-0.39, 0.29) is 0 Å². The van der Waals surface area contributed by atoms with Crippen LogP contribution in [-0.2, 0) is 22.9 Å². The van der Waals surface area contributed by atoms with Gasteiger partial charge in [-0.15, -0.1) is 0 Å². The summed E-state index contributed by atoms with van der Waals surface area (Å²) >= 11 is 0. The zero-order valence-corrected chi connectivity index (χ0v) is 15.1. The second-order valence-corrected chi connectivity index (χ2v) is 8.52. The van der Waals surface area contributed by atoms with Gasteiger partial charge in [-0.25, -0.2) is 13.4 Å². The fraction of sp³-hybridized carbons (Fsp3) is 0.421. The number of pyridine rings is 1. The highest BCUT2D eigenvalue weighted by Crippen LogP contribution is 2.25. The lowest BCUT2D eigenvalue weighted by molar-refractivity contribution is 0.600. The molecule has 132 valence electrons. The first kappa shape index (κ1) is 16.4. The van der Waals surface area contributed by atoms with Crippen LogP contribution in [0.1, 0.15) is 36.8 Å². The van der Waals surface area contributed by atoms with Gasteiger partial charge in [-0.05, 0) is 73.9 Å². The molecular weight excluding hydrogens is 334 g/mol. The third-order valence-corrected chi connectivity index (χ3v) is 6.44. The summed E-state index contributed by atoms with van der Waals surface area (Å²) in [5.74, 6) is 0.362. The zero-order chi connectivity index (χ0) is 17.3. The molecule has 1 aromatic heterocycles. The Hall–Kier alpha value is -2.08. The van der Waals surface area contributed by atoms with Gasteiger partial charge in [0.15, 0.2) is 0 Å². The molecule has 4 rings (SSSR count). The molecular formula is C19H23N3O2S. The second kappa shape index (κ2) is 6.67. The van der Waals surface area contributed by atoms with Crippen molar-refractivity contribution >= 4 is 21.5 Å². The van der Waals surface area contributed by atoms with Crippen LogP contribution in [0, 0.1) is 0 Å². The number of aryl methyl sites for hydroxylation is 2. The summed E-state index contributed by atoms with van der Waals surface area (Å²) in [6.45, 7) is 2.09. The predicted molar refractivity (Wildman–Crippen MR) is 99.6 cm³/mol. The van der Waals surface area contributed by atoms with Gasteiger partial charge in [-0.2, -0.15) is 0 Å². The number of hydrogen-bond donors (Lipinski definition) is 1. The van der Waals surface area contributed by atoms with E-state index in [4.69, 9.17) is 0 Å². The molecule has 25 heavy (non-hydrogen) atoms. The Morgan fingerprint density at radius 3 is 2.40 bits per heavy atom. The summed E-state index contributed by atoms with van der Waals surface area (Å²) < 4.78 is 27.9. The molecule has 1 aliphatic carbocycles. The van der Waals surface area contributed by atoms with E-state index >= 15 is 0 Å². The molecule has 6 heteroatoms. The van der Waals surface area contributed by atoms with Crippen LogP contribution in [0.4, 0.5) is 11.5 Å². The maximum atomic E-state index is 12.7. The molecule has 5 nitrogen and oxygen atoms in total. The molecule has 2 aliphatic rings. The molecule has 0 amide bonds. The maximum Gasteiger partial charge on any atom is 0.263 e. The molecule has 0 atom stereocenters. The monoisotopic (exact) mass is 357 g/mol. The van der Waals surface area contributed by atoms with Crippen LogP contribution in [-0.4, -0.2) is 26.5 Å². The van der Waals surface area contributed by atoms with Crippen molar-refractivity contribution in [2.24, 2.45) is 0 Å². The van der Waals surface area contributed by atoms with Crippen LogP contribution in [0.25, 0.3) is 0 Å². The molecule has 0 spiro atoms. The van der Waals surface area contributed by atoms with Crippen molar-refractivity contribution < 1.29 is 8.42 Å². The van der Waals surface area contributed by atoms with Gasteiger partial charge < -0.3 is 4.90 Å². The average Bonchev–Trinajstić information content (AvgIpc) is 3.16. The minimum atomic E-state index is -3.60. The number of anilines is 2. The van der Waals surface area contributed by atoms with E-state index in [2.05, 4.69) is 14.6 Å². The van der Waals surface area contributed by atoms with Crippen LogP contribution in [0.15, 0.2) is 41.4 Å². The quantitative estimate of drug-likeness (QED) is 0.911. The van der Waals surface area contributed by atoms with Crippen molar-refractivity contribution in [3.63, 3.8) is 0 Å². The molecule has 2 heterocycles. The van der Waals surface area contributed by atoms with Gasteiger partial charge in [0.2, 0.25) is 0 Å². The zero-order valence-electron chi connectivity index (χ0n) is 14.2. The lowest BCUT2D eigenvalue weighted by atomic mass is 9.92. The number of benzene rings is 1. The molecule has 0 radical (unpaired) electrons. The van der Waals surface area contributed by atoms with Crippen molar-refractivity contribution in [1.82, 2.24) is 4.98 Å². The summed E-state index contributed by atoms with van der Waals surface area (Å²) in [5.41, 5.74) is 3.49. The summed E-state index contributed by atoms with van der Waals surface area (Å²) in [6.07, 6.45) is 8.47. The van der Waals surface area contributed by atoms with E-state index in [0.29, 0.717) is 10.7 Å². The predicted octanol–water partition coefficient (Wildman–Crippen LogP) is 3.36. The first-order valence-corrected chi connectivity index (χ1v) is 10.5. The fourth-order valence-electron chi connectivity index (χ4n) is 3.68. The SMILES string of the molecule is O=S(=O)(Nc1ccc(N2CCCC2)cn1)c1ccc2c(c1)CCCC2. The largest absolute Gasteiger partial charge is 0.370 e. The normalized spacial score (nSPS) is 17.4. The molecule has 1 fully saturated rings. The van der Waals surface area contributed by atoms with Crippen molar-refractivity contribution in [2.45, 2.75) is 43.4 Å². The van der Waals surface area contributed by atoms with E-state index < -0.39 is 10.0 Å². The van der Waals surface area contributed by atoms with E-state index in [1.54, 1.807) is 18.3 Å². The van der Waals surface area contributed by atoms with Crippen molar-refractivity contribution in [1.29, 1.82) is 0 Å². The lowest BCUT2D eigenvalue weighted by Crippen LogP contribution is -2.18. The van der Waals surface area contributed by atoms with Crippen molar-refractivity contribution in [3.05, 3.63) is 47.7 Å². The van der Waals surface area contributed by atoms with Crippen molar-refractivity contribution in [3.8, 4) is 0 Å². The van der Waals surface area contributed by atoms with Gasteiger partial charge >= 0.3 is 0 Å². The highest BCUT2D eigenvalue weighted by atomic mass is 32.2. The topological polar surface area (TPSA) is 62.3 Å². The molecule has 2 aromatic rings. The van der Waals surface area contributed by atoms with Crippen molar-refractivity contribution in [2.75, 3.05) is 22.7 Å². The minimum Gasteiger partial charge on any atom is -0.370 e. The highest BCUT2D eigenvalue weighted by Gasteiger charge is 2.19. The summed E-state index contributed by atoms with van der Waals surface area (Å²) in [5, 5.41) is 0. The van der Waals surface area contributed by atoms with Gasteiger partial charge in [0.1, 0.15) is 5.82 Å². The first-order valence-electron chi connectivity index (χ1n) is 8.97. The number of nitrogens with zero attached hydrogens (tertiary/aromatic N) is 2. The summed E-state index contributed by atoms with van der Waals surface area (Å²) in [7, 11) is -3.60. The second-order valence-electron chi connectivity index (χ2n) is 6.84. The van der Waals surface area contributed by atoms with E-state index in [0.717, 1.165) is 43.6 Å². The van der Waals surface area contributed by atoms with Gasteiger partial charge in [-0.1, -0.05) is 6.07 Å². The number of hydrogen-bond acceptors (Lipinski definition) is 4. The molecule has 0 unspecified atom stereocenters. The number of nitrogens with one attached hydrogen (secondary N) is 1. The van der Waals surface area contributed by atoms with E-state index in [9.17, 15) is 8.42 Å². The Bertz CT molecular complexity index is 857. The number of rotatable bonds is 4. The van der Waals surface area contributed by atoms with E-state index in [1.165, 1.54) is 24.8 Å².